The van der Waals surface area contributed by atoms with E-state index in [2.05, 4.69) is 143 Å². The lowest BCUT2D eigenvalue weighted by Gasteiger charge is -2.42. The highest BCUT2D eigenvalue weighted by molar-refractivity contribution is 7.57. The number of nitrogens with one attached hydrogen (secondary N) is 1. The molecule has 0 radical (unpaired) electrons. The number of aryl methyl sites for hydroxylation is 2. The maximum atomic E-state index is 3.86. The van der Waals surface area contributed by atoms with E-state index < -0.39 is 0 Å². The first-order valence-electron chi connectivity index (χ1n) is 20.4. The number of unbranched alkanes of at least 4 members (excludes halogenated alkanes) is 1. The van der Waals surface area contributed by atoms with Crippen molar-refractivity contribution in [2.75, 3.05) is 33.0 Å². The van der Waals surface area contributed by atoms with E-state index in [1.54, 1.807) is 11.1 Å². The molecule has 4 atom stereocenters. The van der Waals surface area contributed by atoms with E-state index in [-0.39, 0.29) is 7.92 Å². The van der Waals surface area contributed by atoms with Crippen LogP contribution in [0.2, 0.25) is 0 Å². The van der Waals surface area contributed by atoms with Gasteiger partial charge >= 0.3 is 0 Å². The van der Waals surface area contributed by atoms with Crippen molar-refractivity contribution in [2.24, 2.45) is 22.2 Å². The number of rotatable bonds is 9. The molecule has 1 fully saturated rings. The quantitative estimate of drug-likeness (QED) is 0.158. The monoisotopic (exact) mass is 717 g/mol. The molecule has 3 heteroatoms. The van der Waals surface area contributed by atoms with Crippen molar-refractivity contribution >= 4 is 7.92 Å². The van der Waals surface area contributed by atoms with Gasteiger partial charge in [-0.2, -0.15) is 0 Å². The third-order valence-corrected chi connectivity index (χ3v) is 14.0. The molecule has 0 spiro atoms. The Morgan fingerprint density at radius 1 is 0.980 bits per heavy atom. The smallest absolute Gasteiger partial charge is 0.0328 e. The Hall–Kier alpha value is -1.89. The van der Waals surface area contributed by atoms with E-state index in [0.717, 1.165) is 24.5 Å². The van der Waals surface area contributed by atoms with Gasteiger partial charge in [0.15, 0.2) is 0 Å². The average Bonchev–Trinajstić information content (AvgIpc) is 3.42. The summed E-state index contributed by atoms with van der Waals surface area (Å²) in [6.45, 7) is 40.3. The van der Waals surface area contributed by atoms with Gasteiger partial charge in [0, 0.05) is 25.3 Å². The molecule has 0 bridgehead atoms. The summed E-state index contributed by atoms with van der Waals surface area (Å²) in [4.78, 5) is 2.21. The van der Waals surface area contributed by atoms with Gasteiger partial charge in [-0.1, -0.05) is 129 Å². The molecule has 2 aromatic rings. The lowest BCUT2D eigenvalue weighted by atomic mass is 9.67. The fourth-order valence-electron chi connectivity index (χ4n) is 8.20. The van der Waals surface area contributed by atoms with Crippen molar-refractivity contribution in [3.8, 4) is 0 Å². The Labute approximate surface area is 319 Å². The minimum Gasteiger partial charge on any atom is -0.378 e. The molecule has 0 saturated carbocycles. The van der Waals surface area contributed by atoms with Crippen molar-refractivity contribution in [1.29, 1.82) is 0 Å². The van der Waals surface area contributed by atoms with Crippen molar-refractivity contribution in [3.05, 3.63) is 94.7 Å². The van der Waals surface area contributed by atoms with Crippen LogP contribution in [0.15, 0.2) is 61.3 Å². The largest absolute Gasteiger partial charge is 0.378 e. The van der Waals surface area contributed by atoms with Crippen molar-refractivity contribution in [1.82, 2.24) is 10.2 Å². The highest BCUT2D eigenvalue weighted by Crippen LogP contribution is 2.50. The van der Waals surface area contributed by atoms with Crippen molar-refractivity contribution < 1.29 is 0 Å². The highest BCUT2D eigenvalue weighted by atomic mass is 31.1. The Morgan fingerprint density at radius 3 is 2.16 bits per heavy atom. The van der Waals surface area contributed by atoms with E-state index in [1.165, 1.54) is 92.0 Å². The van der Waals surface area contributed by atoms with Gasteiger partial charge in [0.05, 0.1) is 0 Å². The van der Waals surface area contributed by atoms with E-state index in [1.807, 2.05) is 19.9 Å². The Kier molecular flexibility index (Phi) is 18.2. The molecule has 0 aromatic heterocycles. The molecule has 2 aromatic carbocycles. The summed E-state index contributed by atoms with van der Waals surface area (Å²) in [7, 11) is 2.21. The SMILES string of the molecule is C=C1CCCN1C.C=CCCCNC1CC(C)(C)Cc2ccc(C)cc21.CC.Cc1ccc2c(c1)CC(CP(C)C(C)CC(C)(C)C)C(C)(C)C2. The van der Waals surface area contributed by atoms with Gasteiger partial charge in [-0.25, -0.2) is 0 Å². The lowest BCUT2D eigenvalue weighted by Crippen LogP contribution is -2.35. The first kappa shape index (κ1) is 45.3. The molecule has 0 amide bonds. The number of likely N-dealkylation sites (tertiary alicyclic amines) is 1. The van der Waals surface area contributed by atoms with Gasteiger partial charge in [-0.3, -0.25) is 0 Å². The zero-order chi connectivity index (χ0) is 38.6. The van der Waals surface area contributed by atoms with Gasteiger partial charge in [-0.15, -0.1) is 14.5 Å². The summed E-state index contributed by atoms with van der Waals surface area (Å²) in [5.41, 5.74) is 12.5. The Balaban J connectivity index is 0.000000288. The van der Waals surface area contributed by atoms with Crippen molar-refractivity contribution in [2.45, 2.75) is 153 Å². The predicted molar refractivity (Wildman–Crippen MR) is 233 cm³/mol. The number of hydrogen-bond donors (Lipinski definition) is 1. The molecule has 1 N–H and O–H groups in total. The lowest BCUT2D eigenvalue weighted by molar-refractivity contribution is 0.215. The second-order valence-electron chi connectivity index (χ2n) is 18.7. The molecule has 1 aliphatic heterocycles. The summed E-state index contributed by atoms with van der Waals surface area (Å²) >= 11 is 0. The fraction of sp³-hybridized carbons (Fsp3) is 0.667. The summed E-state index contributed by atoms with van der Waals surface area (Å²) in [6, 6.07) is 14.6. The maximum absolute atomic E-state index is 3.86. The van der Waals surface area contributed by atoms with E-state index >= 15 is 0 Å². The van der Waals surface area contributed by atoms with Gasteiger partial charge in [-0.05, 0) is 141 Å². The van der Waals surface area contributed by atoms with Crippen LogP contribution in [-0.4, -0.2) is 43.5 Å². The minimum absolute atomic E-state index is 0.116. The van der Waals surface area contributed by atoms with Crippen LogP contribution in [0.5, 0.6) is 0 Å². The van der Waals surface area contributed by atoms with Gasteiger partial charge < -0.3 is 10.2 Å². The van der Waals surface area contributed by atoms with Gasteiger partial charge in [0.1, 0.15) is 0 Å². The van der Waals surface area contributed by atoms with Crippen LogP contribution in [0.3, 0.4) is 0 Å². The first-order valence-corrected chi connectivity index (χ1v) is 22.5. The van der Waals surface area contributed by atoms with Crippen LogP contribution in [-0.2, 0) is 19.3 Å². The highest BCUT2D eigenvalue weighted by Gasteiger charge is 2.36. The Bertz CT molecular complexity index is 1360. The number of benzene rings is 2. The normalized spacial score (nSPS) is 21.3. The minimum atomic E-state index is 0.116. The molecule has 4 unspecified atom stereocenters. The zero-order valence-electron chi connectivity index (χ0n) is 36.1. The molecule has 1 saturated heterocycles. The molecular formula is C48H81N2P. The van der Waals surface area contributed by atoms with E-state index in [4.69, 9.17) is 0 Å². The first-order chi connectivity index (χ1) is 23.8. The number of nitrogens with zero attached hydrogens (tertiary/aromatic N) is 1. The Morgan fingerprint density at radius 2 is 1.61 bits per heavy atom. The van der Waals surface area contributed by atoms with Crippen molar-refractivity contribution in [3.63, 3.8) is 0 Å². The summed E-state index contributed by atoms with van der Waals surface area (Å²) < 4.78 is 0. The molecule has 51 heavy (non-hydrogen) atoms. The maximum Gasteiger partial charge on any atom is 0.0328 e. The van der Waals surface area contributed by atoms with Crippen LogP contribution in [0.25, 0.3) is 0 Å². The molecule has 1 heterocycles. The summed E-state index contributed by atoms with van der Waals surface area (Å²) in [6.07, 6.45) is 14.6. The van der Waals surface area contributed by atoms with E-state index in [9.17, 15) is 0 Å². The van der Waals surface area contributed by atoms with Gasteiger partial charge in [0.2, 0.25) is 0 Å². The van der Waals surface area contributed by atoms with Crippen LogP contribution in [0.1, 0.15) is 147 Å². The molecule has 2 nitrogen and oxygen atoms in total. The number of allylic oxidation sites excluding steroid dienone is 2. The molecule has 5 rings (SSSR count). The van der Waals surface area contributed by atoms with Gasteiger partial charge in [0.25, 0.3) is 0 Å². The average molecular weight is 717 g/mol. The third-order valence-electron chi connectivity index (χ3n) is 11.3. The molecule has 288 valence electrons. The van der Waals surface area contributed by atoms with Crippen LogP contribution < -0.4 is 5.32 Å². The molecule has 3 aliphatic rings. The topological polar surface area (TPSA) is 15.3 Å². The summed E-state index contributed by atoms with van der Waals surface area (Å²) in [5.74, 6) is 0.843. The zero-order valence-corrected chi connectivity index (χ0v) is 37.0. The second kappa shape index (κ2) is 20.5. The van der Waals surface area contributed by atoms with Crippen LogP contribution in [0, 0.1) is 36.0 Å². The van der Waals surface area contributed by atoms with Crippen LogP contribution >= 0.6 is 7.92 Å². The van der Waals surface area contributed by atoms with E-state index in [0.29, 0.717) is 22.3 Å². The molecular weight excluding hydrogens is 636 g/mol. The fourth-order valence-corrected chi connectivity index (χ4v) is 10.7. The third kappa shape index (κ3) is 15.2. The number of hydrogen-bond acceptors (Lipinski definition) is 2. The summed E-state index contributed by atoms with van der Waals surface area (Å²) in [5, 5.41) is 3.75. The second-order valence-corrected chi connectivity index (χ2v) is 21.4. The van der Waals surface area contributed by atoms with Crippen LogP contribution in [0.4, 0.5) is 0 Å². The number of fused-ring (bicyclic) bond motifs is 2. The predicted octanol–water partition coefficient (Wildman–Crippen LogP) is 13.5. The standard InChI is InChI=1S/C22H37P.C18H27N.C6H11N.C2H6/c1-16-9-10-18-14-22(6,7)20(12-19(18)11-16)15-23(8)17(2)13-21(3,4)5;1-5-6-7-10-19-17-13-18(3,4)12-15-9-8-14(2)11-16(15)17;1-6-4-3-5-7(6)2;1-2/h9-11,17,20H,12-15H2,1-8H3;5,8-9,11,17,19H,1,6-7,10,12-13H2,2-4H3;1,3-5H2,2H3;1-2H3. The molecule has 2 aliphatic carbocycles.